The molecule has 0 saturated carbocycles. The largest absolute Gasteiger partial charge is 0.354 e. The summed E-state index contributed by atoms with van der Waals surface area (Å²) in [7, 11) is 0. The standard InChI is InChI=1S/C19H30FN3O2/c1-14(2)6-4-7-15(3)23-19(25)22-11-10-21-18(24)13-16-8-5-9-17(20)12-16/h5,8-9,12,14-15H,4,6-7,10-11,13H2,1-3H3,(H,21,24)(H2,22,23,25). The predicted molar refractivity (Wildman–Crippen MR) is 97.8 cm³/mol. The highest BCUT2D eigenvalue weighted by Gasteiger charge is 2.08. The Bertz CT molecular complexity index is 549. The molecule has 1 aromatic carbocycles. The fourth-order valence-electron chi connectivity index (χ4n) is 2.45. The summed E-state index contributed by atoms with van der Waals surface area (Å²) < 4.78 is 13.0. The van der Waals surface area contributed by atoms with Crippen molar-refractivity contribution < 1.29 is 14.0 Å². The maximum absolute atomic E-state index is 13.0. The second-order valence-corrected chi connectivity index (χ2v) is 6.78. The first kappa shape index (κ1) is 20.9. The van der Waals surface area contributed by atoms with E-state index in [1.54, 1.807) is 12.1 Å². The smallest absolute Gasteiger partial charge is 0.315 e. The van der Waals surface area contributed by atoms with E-state index in [2.05, 4.69) is 29.8 Å². The van der Waals surface area contributed by atoms with E-state index >= 15 is 0 Å². The van der Waals surface area contributed by atoms with Gasteiger partial charge in [-0.05, 0) is 37.0 Å². The first-order valence-electron chi connectivity index (χ1n) is 8.92. The first-order valence-corrected chi connectivity index (χ1v) is 8.92. The Labute approximate surface area is 149 Å². The quantitative estimate of drug-likeness (QED) is 0.567. The first-order chi connectivity index (χ1) is 11.9. The van der Waals surface area contributed by atoms with Crippen LogP contribution in [0.4, 0.5) is 9.18 Å². The van der Waals surface area contributed by atoms with Crippen LogP contribution >= 0.6 is 0 Å². The molecule has 0 saturated heterocycles. The number of hydrogen-bond acceptors (Lipinski definition) is 2. The highest BCUT2D eigenvalue weighted by Crippen LogP contribution is 2.08. The van der Waals surface area contributed by atoms with Crippen LogP contribution in [0.5, 0.6) is 0 Å². The van der Waals surface area contributed by atoms with Crippen LogP contribution in [0.15, 0.2) is 24.3 Å². The van der Waals surface area contributed by atoms with Crippen molar-refractivity contribution in [3.63, 3.8) is 0 Å². The summed E-state index contributed by atoms with van der Waals surface area (Å²) in [6.07, 6.45) is 3.33. The van der Waals surface area contributed by atoms with Gasteiger partial charge in [0.05, 0.1) is 6.42 Å². The summed E-state index contributed by atoms with van der Waals surface area (Å²) in [4.78, 5) is 23.5. The Morgan fingerprint density at radius 3 is 2.48 bits per heavy atom. The summed E-state index contributed by atoms with van der Waals surface area (Å²) in [5, 5.41) is 8.30. The number of benzene rings is 1. The highest BCUT2D eigenvalue weighted by molar-refractivity contribution is 5.78. The molecule has 0 fully saturated rings. The maximum Gasteiger partial charge on any atom is 0.315 e. The van der Waals surface area contributed by atoms with Crippen molar-refractivity contribution in [1.82, 2.24) is 16.0 Å². The highest BCUT2D eigenvalue weighted by atomic mass is 19.1. The fourth-order valence-corrected chi connectivity index (χ4v) is 2.45. The van der Waals surface area contributed by atoms with Gasteiger partial charge in [-0.1, -0.05) is 38.8 Å². The van der Waals surface area contributed by atoms with Crippen molar-refractivity contribution in [2.45, 2.75) is 52.5 Å². The van der Waals surface area contributed by atoms with Gasteiger partial charge in [-0.25, -0.2) is 9.18 Å². The molecule has 1 rings (SSSR count). The molecule has 0 spiro atoms. The zero-order valence-corrected chi connectivity index (χ0v) is 15.4. The molecule has 6 heteroatoms. The average molecular weight is 351 g/mol. The zero-order valence-electron chi connectivity index (χ0n) is 15.4. The summed E-state index contributed by atoms with van der Waals surface area (Å²) in [6, 6.07) is 5.86. The topological polar surface area (TPSA) is 70.2 Å². The van der Waals surface area contributed by atoms with Gasteiger partial charge in [0.2, 0.25) is 5.91 Å². The minimum Gasteiger partial charge on any atom is -0.354 e. The summed E-state index contributed by atoms with van der Waals surface area (Å²) >= 11 is 0. The number of rotatable bonds is 10. The van der Waals surface area contributed by atoms with Crippen molar-refractivity contribution in [2.75, 3.05) is 13.1 Å². The third-order valence-electron chi connectivity index (χ3n) is 3.78. The maximum atomic E-state index is 13.0. The molecule has 25 heavy (non-hydrogen) atoms. The molecule has 1 atom stereocenters. The normalized spacial score (nSPS) is 11.9. The number of urea groups is 1. The molecule has 3 amide bonds. The summed E-state index contributed by atoms with van der Waals surface area (Å²) in [5.74, 6) is 0.123. The molecule has 0 aliphatic heterocycles. The molecule has 0 bridgehead atoms. The Balaban J connectivity index is 2.11. The van der Waals surface area contributed by atoms with Crippen LogP contribution in [0.1, 0.15) is 45.6 Å². The Morgan fingerprint density at radius 1 is 1.08 bits per heavy atom. The molecule has 5 nitrogen and oxygen atoms in total. The number of nitrogens with one attached hydrogen (secondary N) is 3. The number of carbonyl (C=O) groups is 2. The molecule has 1 unspecified atom stereocenters. The number of halogens is 1. The number of hydrogen-bond donors (Lipinski definition) is 3. The average Bonchev–Trinajstić information content (AvgIpc) is 2.51. The third-order valence-corrected chi connectivity index (χ3v) is 3.78. The van der Waals surface area contributed by atoms with Crippen LogP contribution in [0.2, 0.25) is 0 Å². The molecule has 0 heterocycles. The zero-order chi connectivity index (χ0) is 18.7. The lowest BCUT2D eigenvalue weighted by Crippen LogP contribution is -2.43. The fraction of sp³-hybridized carbons (Fsp3) is 0.579. The summed E-state index contributed by atoms with van der Waals surface area (Å²) in [5.41, 5.74) is 0.624. The predicted octanol–water partition coefficient (Wildman–Crippen LogP) is 3.00. The Morgan fingerprint density at radius 2 is 1.80 bits per heavy atom. The van der Waals surface area contributed by atoms with Gasteiger partial charge >= 0.3 is 6.03 Å². The van der Waals surface area contributed by atoms with E-state index in [1.165, 1.54) is 12.1 Å². The van der Waals surface area contributed by atoms with E-state index < -0.39 is 0 Å². The molecule has 1 aromatic rings. The molecule has 0 aliphatic carbocycles. The second-order valence-electron chi connectivity index (χ2n) is 6.78. The van der Waals surface area contributed by atoms with Crippen molar-refractivity contribution in [2.24, 2.45) is 5.92 Å². The number of carbonyl (C=O) groups excluding carboxylic acids is 2. The molecule has 0 radical (unpaired) electrons. The van der Waals surface area contributed by atoms with Crippen LogP contribution in [-0.2, 0) is 11.2 Å². The van der Waals surface area contributed by atoms with E-state index in [0.29, 0.717) is 24.6 Å². The van der Waals surface area contributed by atoms with Crippen LogP contribution < -0.4 is 16.0 Å². The molecule has 140 valence electrons. The van der Waals surface area contributed by atoms with Gasteiger partial charge in [0.25, 0.3) is 0 Å². The Kier molecular flexibility index (Phi) is 9.58. The van der Waals surface area contributed by atoms with E-state index in [1.807, 2.05) is 6.92 Å². The molecular weight excluding hydrogens is 321 g/mol. The van der Waals surface area contributed by atoms with Gasteiger partial charge in [-0.2, -0.15) is 0 Å². The second kappa shape index (κ2) is 11.4. The van der Waals surface area contributed by atoms with E-state index in [-0.39, 0.29) is 30.2 Å². The SMILES string of the molecule is CC(C)CCCC(C)NC(=O)NCCNC(=O)Cc1cccc(F)c1. The molecule has 3 N–H and O–H groups in total. The van der Waals surface area contributed by atoms with Gasteiger partial charge in [-0.15, -0.1) is 0 Å². The van der Waals surface area contributed by atoms with Crippen LogP contribution in [0.25, 0.3) is 0 Å². The minimum absolute atomic E-state index is 0.122. The summed E-state index contributed by atoms with van der Waals surface area (Å²) in [6.45, 7) is 7.05. The van der Waals surface area contributed by atoms with Crippen molar-refractivity contribution >= 4 is 11.9 Å². The lowest BCUT2D eigenvalue weighted by molar-refractivity contribution is -0.120. The van der Waals surface area contributed by atoms with Crippen molar-refractivity contribution in [1.29, 1.82) is 0 Å². The van der Waals surface area contributed by atoms with E-state index in [4.69, 9.17) is 0 Å². The third kappa shape index (κ3) is 10.4. The van der Waals surface area contributed by atoms with Crippen LogP contribution in [0.3, 0.4) is 0 Å². The van der Waals surface area contributed by atoms with Crippen molar-refractivity contribution in [3.05, 3.63) is 35.6 Å². The number of amides is 3. The van der Waals surface area contributed by atoms with E-state index in [0.717, 1.165) is 19.3 Å². The van der Waals surface area contributed by atoms with Gasteiger partial charge in [0, 0.05) is 19.1 Å². The molecule has 0 aromatic heterocycles. The monoisotopic (exact) mass is 351 g/mol. The van der Waals surface area contributed by atoms with Gasteiger partial charge in [0.1, 0.15) is 5.82 Å². The van der Waals surface area contributed by atoms with Crippen LogP contribution in [-0.4, -0.2) is 31.1 Å². The molecule has 0 aliphatic rings. The van der Waals surface area contributed by atoms with Gasteiger partial charge in [0.15, 0.2) is 0 Å². The van der Waals surface area contributed by atoms with Gasteiger partial charge in [-0.3, -0.25) is 4.79 Å². The van der Waals surface area contributed by atoms with Crippen molar-refractivity contribution in [3.8, 4) is 0 Å². The van der Waals surface area contributed by atoms with Crippen LogP contribution in [0, 0.1) is 11.7 Å². The lowest BCUT2D eigenvalue weighted by atomic mass is 10.0. The Hall–Kier alpha value is -2.11. The lowest BCUT2D eigenvalue weighted by Gasteiger charge is -2.15. The molecular formula is C19H30FN3O2. The minimum atomic E-state index is -0.355. The van der Waals surface area contributed by atoms with Gasteiger partial charge < -0.3 is 16.0 Å². The van der Waals surface area contributed by atoms with E-state index in [9.17, 15) is 14.0 Å².